The Hall–Kier alpha value is -0.580. The number of halogens is 1. The summed E-state index contributed by atoms with van der Waals surface area (Å²) >= 11 is 3.44. The zero-order valence-corrected chi connectivity index (χ0v) is 10.0. The van der Waals surface area contributed by atoms with Gasteiger partial charge in [0, 0.05) is 13.2 Å². The number of benzene rings is 1. The van der Waals surface area contributed by atoms with Gasteiger partial charge in [0.15, 0.2) is 0 Å². The molecule has 0 aliphatic rings. The summed E-state index contributed by atoms with van der Waals surface area (Å²) in [6, 6.07) is 6.03. The number of methoxy groups -OCH3 is 1. The van der Waals surface area contributed by atoms with Gasteiger partial charge in [0.25, 0.3) is 0 Å². The SMILES string of the molecule is COc1ccc(CN(C)CN)cc1Br. The molecule has 0 aromatic heterocycles. The third-order valence-electron chi connectivity index (χ3n) is 1.98. The molecule has 0 aliphatic carbocycles. The summed E-state index contributed by atoms with van der Waals surface area (Å²) in [5, 5.41) is 0. The maximum atomic E-state index is 5.50. The number of hydrogen-bond donors (Lipinski definition) is 1. The number of nitrogens with two attached hydrogens (primary N) is 1. The molecule has 4 heteroatoms. The molecule has 0 radical (unpaired) electrons. The van der Waals surface area contributed by atoms with Crippen molar-refractivity contribution in [1.29, 1.82) is 0 Å². The Bertz CT molecular complexity index is 304. The van der Waals surface area contributed by atoms with E-state index in [-0.39, 0.29) is 0 Å². The van der Waals surface area contributed by atoms with Gasteiger partial charge in [0.05, 0.1) is 11.6 Å². The van der Waals surface area contributed by atoms with E-state index in [9.17, 15) is 0 Å². The number of nitrogens with zero attached hydrogens (tertiary/aromatic N) is 1. The predicted molar refractivity (Wildman–Crippen MR) is 61.2 cm³/mol. The van der Waals surface area contributed by atoms with Gasteiger partial charge in [-0.3, -0.25) is 4.90 Å². The fourth-order valence-electron chi connectivity index (χ4n) is 1.18. The second-order valence-electron chi connectivity index (χ2n) is 3.17. The molecule has 1 aromatic rings. The van der Waals surface area contributed by atoms with Crippen molar-refractivity contribution in [3.05, 3.63) is 28.2 Å². The topological polar surface area (TPSA) is 38.5 Å². The molecule has 0 heterocycles. The lowest BCUT2D eigenvalue weighted by atomic mass is 10.2. The summed E-state index contributed by atoms with van der Waals surface area (Å²) in [5.41, 5.74) is 6.72. The lowest BCUT2D eigenvalue weighted by Gasteiger charge is -2.14. The molecule has 0 amide bonds. The summed E-state index contributed by atoms with van der Waals surface area (Å²) in [6.07, 6.45) is 0. The first-order chi connectivity index (χ1) is 6.67. The van der Waals surface area contributed by atoms with Crippen LogP contribution in [-0.4, -0.2) is 25.7 Å². The van der Waals surface area contributed by atoms with Crippen LogP contribution in [0.1, 0.15) is 5.56 Å². The Morgan fingerprint density at radius 2 is 2.21 bits per heavy atom. The molecule has 0 spiro atoms. The maximum absolute atomic E-state index is 5.50. The lowest BCUT2D eigenvalue weighted by molar-refractivity contribution is 0.337. The molecule has 14 heavy (non-hydrogen) atoms. The highest BCUT2D eigenvalue weighted by Gasteiger charge is 2.02. The minimum Gasteiger partial charge on any atom is -0.496 e. The molecule has 3 nitrogen and oxygen atoms in total. The normalized spacial score (nSPS) is 10.6. The molecule has 78 valence electrons. The highest BCUT2D eigenvalue weighted by molar-refractivity contribution is 9.10. The largest absolute Gasteiger partial charge is 0.496 e. The monoisotopic (exact) mass is 258 g/mol. The second-order valence-corrected chi connectivity index (χ2v) is 4.02. The van der Waals surface area contributed by atoms with Crippen molar-refractivity contribution in [3.8, 4) is 5.75 Å². The standard InChI is InChI=1S/C10H15BrN2O/c1-13(7-12)6-8-3-4-10(14-2)9(11)5-8/h3-5H,6-7,12H2,1-2H3. The highest BCUT2D eigenvalue weighted by atomic mass is 79.9. The van der Waals surface area contributed by atoms with Gasteiger partial charge >= 0.3 is 0 Å². The first-order valence-corrected chi connectivity index (χ1v) is 5.17. The van der Waals surface area contributed by atoms with E-state index in [4.69, 9.17) is 10.5 Å². The molecule has 0 unspecified atom stereocenters. The molecule has 0 saturated carbocycles. The summed E-state index contributed by atoms with van der Waals surface area (Å²) < 4.78 is 6.12. The van der Waals surface area contributed by atoms with E-state index in [0.29, 0.717) is 6.67 Å². The quantitative estimate of drug-likeness (QED) is 0.838. The smallest absolute Gasteiger partial charge is 0.133 e. The lowest BCUT2D eigenvalue weighted by Crippen LogP contribution is -2.24. The molecule has 0 saturated heterocycles. The van der Waals surface area contributed by atoms with Gasteiger partial charge in [0.1, 0.15) is 5.75 Å². The molecule has 0 atom stereocenters. The molecule has 0 bridgehead atoms. The fourth-order valence-corrected chi connectivity index (χ4v) is 1.77. The summed E-state index contributed by atoms with van der Waals surface area (Å²) in [4.78, 5) is 2.04. The number of hydrogen-bond acceptors (Lipinski definition) is 3. The Kier molecular flexibility index (Phi) is 4.38. The molecule has 0 fully saturated rings. The van der Waals surface area contributed by atoms with Crippen molar-refractivity contribution in [2.75, 3.05) is 20.8 Å². The van der Waals surface area contributed by atoms with Crippen molar-refractivity contribution in [3.63, 3.8) is 0 Å². The van der Waals surface area contributed by atoms with Crippen LogP contribution in [0.15, 0.2) is 22.7 Å². The summed E-state index contributed by atoms with van der Waals surface area (Å²) in [5.74, 6) is 0.851. The Labute approximate surface area is 93.0 Å². The average molecular weight is 259 g/mol. The first kappa shape index (κ1) is 11.5. The van der Waals surface area contributed by atoms with E-state index in [2.05, 4.69) is 15.9 Å². The second kappa shape index (κ2) is 5.34. The van der Waals surface area contributed by atoms with Crippen LogP contribution in [0.25, 0.3) is 0 Å². The maximum Gasteiger partial charge on any atom is 0.133 e. The van der Waals surface area contributed by atoms with Crippen molar-refractivity contribution >= 4 is 15.9 Å². The molecule has 0 aliphatic heterocycles. The van der Waals surface area contributed by atoms with Gasteiger partial charge in [-0.1, -0.05) is 6.07 Å². The first-order valence-electron chi connectivity index (χ1n) is 4.38. The van der Waals surface area contributed by atoms with Gasteiger partial charge in [-0.25, -0.2) is 0 Å². The summed E-state index contributed by atoms with van der Waals surface area (Å²) in [7, 11) is 3.64. The zero-order valence-electron chi connectivity index (χ0n) is 8.46. The average Bonchev–Trinajstić information content (AvgIpc) is 2.18. The van der Waals surface area contributed by atoms with Crippen molar-refractivity contribution in [2.24, 2.45) is 5.73 Å². The molecule has 1 aromatic carbocycles. The van der Waals surface area contributed by atoms with E-state index in [1.807, 2.05) is 30.1 Å². The highest BCUT2D eigenvalue weighted by Crippen LogP contribution is 2.25. The predicted octanol–water partition coefficient (Wildman–Crippen LogP) is 1.81. The van der Waals surface area contributed by atoms with Crippen LogP contribution in [0.5, 0.6) is 5.75 Å². The Morgan fingerprint density at radius 3 is 2.71 bits per heavy atom. The summed E-state index contributed by atoms with van der Waals surface area (Å²) in [6.45, 7) is 1.41. The van der Waals surface area contributed by atoms with E-state index >= 15 is 0 Å². The van der Waals surface area contributed by atoms with Crippen LogP contribution in [0.3, 0.4) is 0 Å². The van der Waals surface area contributed by atoms with Gasteiger partial charge in [-0.15, -0.1) is 0 Å². The van der Waals surface area contributed by atoms with Crippen LogP contribution < -0.4 is 10.5 Å². The molecule has 1 rings (SSSR count). The number of rotatable bonds is 4. The van der Waals surface area contributed by atoms with E-state index in [0.717, 1.165) is 16.8 Å². The van der Waals surface area contributed by atoms with E-state index < -0.39 is 0 Å². The van der Waals surface area contributed by atoms with Crippen LogP contribution in [0, 0.1) is 0 Å². The molecular weight excluding hydrogens is 244 g/mol. The van der Waals surface area contributed by atoms with Crippen LogP contribution in [0.4, 0.5) is 0 Å². The van der Waals surface area contributed by atoms with E-state index in [1.165, 1.54) is 5.56 Å². The zero-order chi connectivity index (χ0) is 10.6. The number of ether oxygens (including phenoxy) is 1. The van der Waals surface area contributed by atoms with Gasteiger partial charge in [-0.2, -0.15) is 0 Å². The van der Waals surface area contributed by atoms with Crippen molar-refractivity contribution in [2.45, 2.75) is 6.54 Å². The Morgan fingerprint density at radius 1 is 1.50 bits per heavy atom. The van der Waals surface area contributed by atoms with Gasteiger partial charge < -0.3 is 10.5 Å². The van der Waals surface area contributed by atoms with Crippen LogP contribution >= 0.6 is 15.9 Å². The van der Waals surface area contributed by atoms with Crippen molar-refractivity contribution in [1.82, 2.24) is 4.90 Å². The third kappa shape index (κ3) is 2.97. The molecule has 2 N–H and O–H groups in total. The van der Waals surface area contributed by atoms with Gasteiger partial charge in [0.2, 0.25) is 0 Å². The minimum absolute atomic E-state index is 0.559. The van der Waals surface area contributed by atoms with Crippen molar-refractivity contribution < 1.29 is 4.74 Å². The fraction of sp³-hybridized carbons (Fsp3) is 0.400. The van der Waals surface area contributed by atoms with E-state index in [1.54, 1.807) is 7.11 Å². The van der Waals surface area contributed by atoms with Crippen LogP contribution in [-0.2, 0) is 6.54 Å². The molecular formula is C10H15BrN2O. The third-order valence-corrected chi connectivity index (χ3v) is 2.60. The minimum atomic E-state index is 0.559. The van der Waals surface area contributed by atoms with Crippen LogP contribution in [0.2, 0.25) is 0 Å². The van der Waals surface area contributed by atoms with Gasteiger partial charge in [-0.05, 0) is 40.7 Å². The Balaban J connectivity index is 2.76.